The molecular formula is C16H23ClN4. The van der Waals surface area contributed by atoms with Gasteiger partial charge in [0.1, 0.15) is 0 Å². The second-order valence-corrected chi connectivity index (χ2v) is 6.05. The summed E-state index contributed by atoms with van der Waals surface area (Å²) in [5.41, 5.74) is 8.65. The first-order valence-electron chi connectivity index (χ1n) is 7.12. The molecular weight excluding hydrogens is 284 g/mol. The van der Waals surface area contributed by atoms with Gasteiger partial charge in [0.15, 0.2) is 0 Å². The minimum absolute atomic E-state index is 0.123. The number of aryl methyl sites for hydroxylation is 4. The van der Waals surface area contributed by atoms with Crippen LogP contribution in [0.1, 0.15) is 28.1 Å². The summed E-state index contributed by atoms with van der Waals surface area (Å²) in [6, 6.07) is 6.62. The van der Waals surface area contributed by atoms with Gasteiger partial charge >= 0.3 is 0 Å². The van der Waals surface area contributed by atoms with Crippen LogP contribution in [0.25, 0.3) is 0 Å². The van der Waals surface area contributed by atoms with Crippen LogP contribution < -0.4 is 11.3 Å². The second kappa shape index (κ2) is 6.60. The Morgan fingerprint density at radius 1 is 1.29 bits per heavy atom. The number of nitrogens with two attached hydrogens (primary N) is 1. The first-order chi connectivity index (χ1) is 9.92. The van der Waals surface area contributed by atoms with Crippen molar-refractivity contribution in [3.8, 4) is 0 Å². The molecule has 0 bridgehead atoms. The summed E-state index contributed by atoms with van der Waals surface area (Å²) in [5, 5.41) is 5.09. The molecule has 0 aliphatic rings. The molecule has 0 saturated carbocycles. The lowest BCUT2D eigenvalue weighted by molar-refractivity contribution is 0.504. The molecule has 0 aliphatic heterocycles. The zero-order valence-corrected chi connectivity index (χ0v) is 13.8. The van der Waals surface area contributed by atoms with Gasteiger partial charge in [-0.1, -0.05) is 35.4 Å². The summed E-state index contributed by atoms with van der Waals surface area (Å²) in [6.45, 7) is 6.15. The fourth-order valence-corrected chi connectivity index (χ4v) is 2.85. The van der Waals surface area contributed by atoms with Crippen LogP contribution in [0.3, 0.4) is 0 Å². The van der Waals surface area contributed by atoms with E-state index in [1.165, 1.54) is 16.7 Å². The molecule has 2 rings (SSSR count). The number of hydrazine groups is 1. The molecule has 2 aromatic rings. The third-order valence-electron chi connectivity index (χ3n) is 3.91. The Labute approximate surface area is 131 Å². The van der Waals surface area contributed by atoms with E-state index < -0.39 is 0 Å². The van der Waals surface area contributed by atoms with E-state index in [1.807, 2.05) is 18.7 Å². The number of rotatable bonds is 5. The van der Waals surface area contributed by atoms with Crippen LogP contribution in [-0.4, -0.2) is 15.8 Å². The van der Waals surface area contributed by atoms with Crippen LogP contribution in [0.5, 0.6) is 0 Å². The van der Waals surface area contributed by atoms with Gasteiger partial charge in [-0.3, -0.25) is 16.0 Å². The van der Waals surface area contributed by atoms with E-state index in [2.05, 4.69) is 42.6 Å². The van der Waals surface area contributed by atoms with Gasteiger partial charge in [-0.25, -0.2) is 0 Å². The lowest BCUT2D eigenvalue weighted by Gasteiger charge is -2.18. The third-order valence-corrected chi connectivity index (χ3v) is 4.40. The van der Waals surface area contributed by atoms with Crippen molar-refractivity contribution in [3.63, 3.8) is 0 Å². The van der Waals surface area contributed by atoms with Crippen LogP contribution in [0, 0.1) is 20.8 Å². The summed E-state index contributed by atoms with van der Waals surface area (Å²) in [6.07, 6.45) is 1.62. The number of nitrogens with zero attached hydrogens (tertiary/aromatic N) is 2. The van der Waals surface area contributed by atoms with Gasteiger partial charge in [-0.2, -0.15) is 5.10 Å². The van der Waals surface area contributed by atoms with Crippen molar-refractivity contribution in [3.05, 3.63) is 51.3 Å². The van der Waals surface area contributed by atoms with Gasteiger partial charge in [-0.05, 0) is 38.3 Å². The molecule has 0 amide bonds. The first-order valence-corrected chi connectivity index (χ1v) is 7.50. The Bertz CT molecular complexity index is 633. The van der Waals surface area contributed by atoms with E-state index >= 15 is 0 Å². The summed E-state index contributed by atoms with van der Waals surface area (Å²) in [4.78, 5) is 0. The zero-order chi connectivity index (χ0) is 15.6. The van der Waals surface area contributed by atoms with E-state index in [9.17, 15) is 0 Å². The van der Waals surface area contributed by atoms with Crippen molar-refractivity contribution in [2.75, 3.05) is 0 Å². The van der Waals surface area contributed by atoms with E-state index in [-0.39, 0.29) is 6.04 Å². The standard InChI is InChI=1S/C16H23ClN4/c1-10-5-6-11(2)13(7-10)8-14(19-18)9-15-16(17)12(3)20-21(15)4/h5-7,14,19H,8-9,18H2,1-4H3. The average molecular weight is 307 g/mol. The average Bonchev–Trinajstić information content (AvgIpc) is 2.68. The highest BCUT2D eigenvalue weighted by molar-refractivity contribution is 6.31. The number of aromatic nitrogens is 2. The van der Waals surface area contributed by atoms with Gasteiger partial charge in [0.05, 0.1) is 16.4 Å². The minimum atomic E-state index is 0.123. The van der Waals surface area contributed by atoms with Crippen LogP contribution in [0.15, 0.2) is 18.2 Å². The molecule has 114 valence electrons. The van der Waals surface area contributed by atoms with Crippen molar-refractivity contribution in [1.82, 2.24) is 15.2 Å². The third kappa shape index (κ3) is 3.64. The maximum Gasteiger partial charge on any atom is 0.0847 e. The van der Waals surface area contributed by atoms with E-state index in [0.29, 0.717) is 0 Å². The number of nitrogens with one attached hydrogen (secondary N) is 1. The Hall–Kier alpha value is -1.36. The summed E-state index contributed by atoms with van der Waals surface area (Å²) >= 11 is 6.32. The van der Waals surface area contributed by atoms with Crippen molar-refractivity contribution < 1.29 is 0 Å². The van der Waals surface area contributed by atoms with Crippen molar-refractivity contribution in [1.29, 1.82) is 0 Å². The number of halogens is 1. The van der Waals surface area contributed by atoms with Crippen molar-refractivity contribution in [2.45, 2.75) is 39.7 Å². The molecule has 3 N–H and O–H groups in total. The molecule has 4 nitrogen and oxygen atoms in total. The Kier molecular flexibility index (Phi) is 5.04. The lowest BCUT2D eigenvalue weighted by atomic mass is 9.97. The normalized spacial score (nSPS) is 12.7. The van der Waals surface area contributed by atoms with Crippen molar-refractivity contribution in [2.24, 2.45) is 12.9 Å². The maximum atomic E-state index is 6.32. The van der Waals surface area contributed by atoms with E-state index in [1.54, 1.807) is 0 Å². The molecule has 5 heteroatoms. The van der Waals surface area contributed by atoms with Gasteiger partial charge < -0.3 is 0 Å². The molecule has 0 spiro atoms. The molecule has 0 saturated heterocycles. The zero-order valence-electron chi connectivity index (χ0n) is 13.1. The topological polar surface area (TPSA) is 55.9 Å². The largest absolute Gasteiger partial charge is 0.271 e. The summed E-state index contributed by atoms with van der Waals surface area (Å²) in [7, 11) is 1.92. The Morgan fingerprint density at radius 3 is 2.57 bits per heavy atom. The van der Waals surface area contributed by atoms with Crippen LogP contribution in [0.2, 0.25) is 5.02 Å². The summed E-state index contributed by atoms with van der Waals surface area (Å²) < 4.78 is 1.84. The van der Waals surface area contributed by atoms with Crippen LogP contribution >= 0.6 is 11.6 Å². The monoisotopic (exact) mass is 306 g/mol. The Balaban J connectivity index is 2.19. The minimum Gasteiger partial charge on any atom is -0.271 e. The molecule has 0 fully saturated rings. The fraction of sp³-hybridized carbons (Fsp3) is 0.438. The van der Waals surface area contributed by atoms with Crippen LogP contribution in [-0.2, 0) is 19.9 Å². The predicted molar refractivity (Wildman–Crippen MR) is 87.4 cm³/mol. The van der Waals surface area contributed by atoms with E-state index in [4.69, 9.17) is 17.4 Å². The van der Waals surface area contributed by atoms with Gasteiger partial charge in [0.2, 0.25) is 0 Å². The van der Waals surface area contributed by atoms with Gasteiger partial charge in [0.25, 0.3) is 0 Å². The van der Waals surface area contributed by atoms with E-state index in [0.717, 1.165) is 29.3 Å². The molecule has 1 heterocycles. The molecule has 0 aliphatic carbocycles. The predicted octanol–water partition coefficient (Wildman–Crippen LogP) is 2.62. The molecule has 1 unspecified atom stereocenters. The quantitative estimate of drug-likeness (QED) is 0.659. The fourth-order valence-electron chi connectivity index (χ4n) is 2.61. The molecule has 1 atom stereocenters. The highest BCUT2D eigenvalue weighted by Gasteiger charge is 2.17. The molecule has 0 radical (unpaired) electrons. The summed E-state index contributed by atoms with van der Waals surface area (Å²) in [5.74, 6) is 5.74. The highest BCUT2D eigenvalue weighted by Crippen LogP contribution is 2.22. The Morgan fingerprint density at radius 2 is 2.00 bits per heavy atom. The molecule has 1 aromatic heterocycles. The number of hydrogen-bond donors (Lipinski definition) is 2. The molecule has 21 heavy (non-hydrogen) atoms. The van der Waals surface area contributed by atoms with Gasteiger partial charge in [-0.15, -0.1) is 0 Å². The van der Waals surface area contributed by atoms with Gasteiger partial charge in [0, 0.05) is 19.5 Å². The van der Waals surface area contributed by atoms with Crippen LogP contribution in [0.4, 0.5) is 0 Å². The molecule has 1 aromatic carbocycles. The highest BCUT2D eigenvalue weighted by atomic mass is 35.5. The number of hydrogen-bond acceptors (Lipinski definition) is 3. The first kappa shape index (κ1) is 16.0. The van der Waals surface area contributed by atoms with Crippen molar-refractivity contribution >= 4 is 11.6 Å². The second-order valence-electron chi connectivity index (χ2n) is 5.67. The number of benzene rings is 1. The maximum absolute atomic E-state index is 6.32. The SMILES string of the molecule is Cc1ccc(C)c(CC(Cc2c(Cl)c(C)nn2C)NN)c1. The lowest BCUT2D eigenvalue weighted by Crippen LogP contribution is -2.39. The smallest absolute Gasteiger partial charge is 0.0847 e.